The Labute approximate surface area is 80.3 Å². The Hall–Kier alpha value is -0.570. The molecule has 0 radical (unpaired) electrons. The SMILES string of the molecule is CC1CCCCCN1C(C)C(N)=O. The molecule has 1 fully saturated rings. The van der Waals surface area contributed by atoms with Crippen molar-refractivity contribution in [2.24, 2.45) is 5.73 Å². The maximum atomic E-state index is 11.0. The molecule has 13 heavy (non-hydrogen) atoms. The maximum absolute atomic E-state index is 11.0. The van der Waals surface area contributed by atoms with Crippen molar-refractivity contribution in [3.8, 4) is 0 Å². The largest absolute Gasteiger partial charge is 0.368 e. The van der Waals surface area contributed by atoms with Crippen molar-refractivity contribution in [3.63, 3.8) is 0 Å². The Balaban J connectivity index is 2.58. The van der Waals surface area contributed by atoms with Crippen LogP contribution in [0.15, 0.2) is 0 Å². The van der Waals surface area contributed by atoms with Crippen LogP contribution in [0.25, 0.3) is 0 Å². The molecule has 0 bridgehead atoms. The molecule has 0 spiro atoms. The van der Waals surface area contributed by atoms with Crippen molar-refractivity contribution in [3.05, 3.63) is 0 Å². The van der Waals surface area contributed by atoms with Gasteiger partial charge in [-0.15, -0.1) is 0 Å². The number of nitrogens with zero attached hydrogens (tertiary/aromatic N) is 1. The first-order chi connectivity index (χ1) is 6.13. The molecule has 2 atom stereocenters. The summed E-state index contributed by atoms with van der Waals surface area (Å²) in [6, 6.07) is 0.401. The van der Waals surface area contributed by atoms with Crippen molar-refractivity contribution in [2.45, 2.75) is 51.6 Å². The van der Waals surface area contributed by atoms with Crippen LogP contribution < -0.4 is 5.73 Å². The lowest BCUT2D eigenvalue weighted by molar-refractivity contribution is -0.123. The second-order valence-electron chi connectivity index (χ2n) is 4.01. The molecule has 0 aromatic heterocycles. The minimum atomic E-state index is -0.200. The highest BCUT2D eigenvalue weighted by atomic mass is 16.1. The van der Waals surface area contributed by atoms with E-state index in [9.17, 15) is 4.79 Å². The molecule has 2 N–H and O–H groups in total. The summed E-state index contributed by atoms with van der Waals surface area (Å²) in [5.41, 5.74) is 5.30. The van der Waals surface area contributed by atoms with Gasteiger partial charge in [-0.3, -0.25) is 9.69 Å². The minimum absolute atomic E-state index is 0.104. The number of hydrogen-bond donors (Lipinski definition) is 1. The number of carbonyl (C=O) groups is 1. The molecule has 0 saturated carbocycles. The Bertz CT molecular complexity index is 182. The molecule has 3 heteroatoms. The number of rotatable bonds is 2. The van der Waals surface area contributed by atoms with Crippen LogP contribution in [0.4, 0.5) is 0 Å². The number of amides is 1. The molecule has 3 nitrogen and oxygen atoms in total. The monoisotopic (exact) mass is 184 g/mol. The van der Waals surface area contributed by atoms with E-state index in [4.69, 9.17) is 5.73 Å². The van der Waals surface area contributed by atoms with Gasteiger partial charge < -0.3 is 5.73 Å². The second-order valence-corrected chi connectivity index (χ2v) is 4.01. The quantitative estimate of drug-likeness (QED) is 0.699. The van der Waals surface area contributed by atoms with E-state index in [1.807, 2.05) is 6.92 Å². The van der Waals surface area contributed by atoms with E-state index in [0.29, 0.717) is 6.04 Å². The lowest BCUT2D eigenvalue weighted by Gasteiger charge is -2.30. The van der Waals surface area contributed by atoms with Gasteiger partial charge in [0.2, 0.25) is 5.91 Å². The number of likely N-dealkylation sites (tertiary alicyclic amines) is 1. The van der Waals surface area contributed by atoms with E-state index >= 15 is 0 Å². The van der Waals surface area contributed by atoms with E-state index in [1.54, 1.807) is 0 Å². The highest BCUT2D eigenvalue weighted by Crippen LogP contribution is 2.18. The van der Waals surface area contributed by atoms with Crippen LogP contribution in [-0.4, -0.2) is 29.4 Å². The smallest absolute Gasteiger partial charge is 0.234 e. The summed E-state index contributed by atoms with van der Waals surface area (Å²) in [7, 11) is 0. The van der Waals surface area contributed by atoms with Crippen LogP contribution in [0.2, 0.25) is 0 Å². The Morgan fingerprint density at radius 1 is 1.46 bits per heavy atom. The summed E-state index contributed by atoms with van der Waals surface area (Å²) < 4.78 is 0. The molecule has 1 heterocycles. The number of carbonyl (C=O) groups excluding carboxylic acids is 1. The number of primary amides is 1. The van der Waals surface area contributed by atoms with Gasteiger partial charge in [0.05, 0.1) is 6.04 Å². The van der Waals surface area contributed by atoms with Gasteiger partial charge in [0.1, 0.15) is 0 Å². The van der Waals surface area contributed by atoms with E-state index in [0.717, 1.165) is 6.54 Å². The van der Waals surface area contributed by atoms with Gasteiger partial charge in [-0.25, -0.2) is 0 Å². The lowest BCUT2D eigenvalue weighted by Crippen LogP contribution is -2.46. The molecule has 1 saturated heterocycles. The molecule has 0 aromatic carbocycles. The molecule has 1 amide bonds. The second kappa shape index (κ2) is 4.61. The molecule has 1 aliphatic heterocycles. The van der Waals surface area contributed by atoms with E-state index in [2.05, 4.69) is 11.8 Å². The molecule has 0 aromatic rings. The predicted molar refractivity (Wildman–Crippen MR) is 53.3 cm³/mol. The van der Waals surface area contributed by atoms with Gasteiger partial charge in [0.25, 0.3) is 0 Å². The average Bonchev–Trinajstić information content (AvgIpc) is 2.28. The van der Waals surface area contributed by atoms with Gasteiger partial charge in [0.15, 0.2) is 0 Å². The summed E-state index contributed by atoms with van der Waals surface area (Å²) in [4.78, 5) is 13.3. The third-order valence-corrected chi connectivity index (χ3v) is 3.01. The van der Waals surface area contributed by atoms with Crippen LogP contribution in [0.3, 0.4) is 0 Å². The molecular formula is C10H20N2O. The fraction of sp³-hybridized carbons (Fsp3) is 0.900. The van der Waals surface area contributed by atoms with Gasteiger partial charge in [-0.2, -0.15) is 0 Å². The lowest BCUT2D eigenvalue weighted by atomic mass is 10.1. The fourth-order valence-electron chi connectivity index (χ4n) is 2.04. The third-order valence-electron chi connectivity index (χ3n) is 3.01. The third kappa shape index (κ3) is 2.69. The van der Waals surface area contributed by atoms with Crippen molar-refractivity contribution in [2.75, 3.05) is 6.54 Å². The highest BCUT2D eigenvalue weighted by molar-refractivity contribution is 5.79. The number of hydrogen-bond acceptors (Lipinski definition) is 2. The first kappa shape index (κ1) is 10.5. The first-order valence-electron chi connectivity index (χ1n) is 5.18. The zero-order chi connectivity index (χ0) is 9.84. The van der Waals surface area contributed by atoms with Gasteiger partial charge in [-0.05, 0) is 33.2 Å². The molecule has 0 aliphatic carbocycles. The van der Waals surface area contributed by atoms with E-state index in [-0.39, 0.29) is 11.9 Å². The zero-order valence-corrected chi connectivity index (χ0v) is 8.62. The van der Waals surface area contributed by atoms with Crippen LogP contribution in [-0.2, 0) is 4.79 Å². The van der Waals surface area contributed by atoms with E-state index < -0.39 is 0 Å². The average molecular weight is 184 g/mol. The van der Waals surface area contributed by atoms with Crippen molar-refractivity contribution < 1.29 is 4.79 Å². The van der Waals surface area contributed by atoms with E-state index in [1.165, 1.54) is 25.7 Å². The summed E-state index contributed by atoms with van der Waals surface area (Å²) in [5.74, 6) is -0.200. The van der Waals surface area contributed by atoms with Crippen LogP contribution in [0.5, 0.6) is 0 Å². The maximum Gasteiger partial charge on any atom is 0.234 e. The highest BCUT2D eigenvalue weighted by Gasteiger charge is 2.24. The van der Waals surface area contributed by atoms with Gasteiger partial charge >= 0.3 is 0 Å². The zero-order valence-electron chi connectivity index (χ0n) is 8.62. The Morgan fingerprint density at radius 3 is 2.77 bits per heavy atom. The Kier molecular flexibility index (Phi) is 3.72. The molecule has 1 aliphatic rings. The molecule has 1 rings (SSSR count). The van der Waals surface area contributed by atoms with Crippen molar-refractivity contribution >= 4 is 5.91 Å². The van der Waals surface area contributed by atoms with Crippen molar-refractivity contribution in [1.29, 1.82) is 0 Å². The number of nitrogens with two attached hydrogens (primary N) is 1. The van der Waals surface area contributed by atoms with Crippen LogP contribution in [0.1, 0.15) is 39.5 Å². The van der Waals surface area contributed by atoms with Gasteiger partial charge in [-0.1, -0.05) is 12.8 Å². The summed E-state index contributed by atoms with van der Waals surface area (Å²) in [6.07, 6.45) is 4.95. The van der Waals surface area contributed by atoms with Crippen LogP contribution in [0, 0.1) is 0 Å². The first-order valence-corrected chi connectivity index (χ1v) is 5.18. The standard InChI is InChI=1S/C10H20N2O/c1-8-6-4-3-5-7-12(8)9(2)10(11)13/h8-9H,3-7H2,1-2H3,(H2,11,13). The molecular weight excluding hydrogens is 164 g/mol. The fourth-order valence-corrected chi connectivity index (χ4v) is 2.04. The summed E-state index contributed by atoms with van der Waals surface area (Å²) in [6.45, 7) is 5.11. The topological polar surface area (TPSA) is 46.3 Å². The minimum Gasteiger partial charge on any atom is -0.368 e. The summed E-state index contributed by atoms with van der Waals surface area (Å²) in [5, 5.41) is 0. The molecule has 76 valence electrons. The van der Waals surface area contributed by atoms with Gasteiger partial charge in [0, 0.05) is 6.04 Å². The predicted octanol–water partition coefficient (Wildman–Crippen LogP) is 1.12. The summed E-state index contributed by atoms with van der Waals surface area (Å²) >= 11 is 0. The molecule has 2 unspecified atom stereocenters. The Morgan fingerprint density at radius 2 is 2.15 bits per heavy atom. The van der Waals surface area contributed by atoms with Crippen molar-refractivity contribution in [1.82, 2.24) is 4.90 Å². The van der Waals surface area contributed by atoms with Crippen LogP contribution >= 0.6 is 0 Å². The normalized spacial score (nSPS) is 28.0.